The monoisotopic (exact) mass is 391 g/mol. The predicted molar refractivity (Wildman–Crippen MR) is 108 cm³/mol. The first kappa shape index (κ1) is 21.0. The van der Waals surface area contributed by atoms with Gasteiger partial charge in [-0.3, -0.25) is 14.6 Å². The van der Waals surface area contributed by atoms with Crippen molar-refractivity contribution in [1.82, 2.24) is 14.7 Å². The molecule has 1 aromatic carbocycles. The maximum atomic E-state index is 11.3. The van der Waals surface area contributed by atoms with Crippen LogP contribution in [0.2, 0.25) is 0 Å². The molecule has 0 spiro atoms. The Morgan fingerprint density at radius 1 is 1.11 bits per heavy atom. The lowest BCUT2D eigenvalue weighted by molar-refractivity contribution is -0.149. The maximum Gasteiger partial charge on any atom is 0.310 e. The zero-order chi connectivity index (χ0) is 19.9. The Morgan fingerprint density at radius 2 is 1.82 bits per heavy atom. The molecule has 1 aromatic rings. The van der Waals surface area contributed by atoms with Gasteiger partial charge >= 0.3 is 5.97 Å². The number of hydrogen-bond donors (Lipinski definition) is 2. The summed E-state index contributed by atoms with van der Waals surface area (Å²) in [5.41, 5.74) is 1.07. The summed E-state index contributed by atoms with van der Waals surface area (Å²) in [6.07, 6.45) is -0.266. The molecule has 0 bridgehead atoms. The maximum absolute atomic E-state index is 11.3. The highest BCUT2D eigenvalue weighted by molar-refractivity contribution is 5.71. The van der Waals surface area contributed by atoms with Crippen LogP contribution in [0, 0.1) is 5.92 Å². The van der Waals surface area contributed by atoms with E-state index in [2.05, 4.69) is 21.6 Å². The highest BCUT2D eigenvalue weighted by Crippen LogP contribution is 2.24. The number of piperidine rings is 1. The van der Waals surface area contributed by atoms with Gasteiger partial charge in [-0.25, -0.2) is 0 Å². The van der Waals surface area contributed by atoms with E-state index in [1.165, 1.54) is 0 Å². The number of rotatable bonds is 8. The van der Waals surface area contributed by atoms with Gasteiger partial charge in [0.15, 0.2) is 0 Å². The zero-order valence-corrected chi connectivity index (χ0v) is 16.8. The van der Waals surface area contributed by atoms with Crippen LogP contribution in [0.3, 0.4) is 0 Å². The van der Waals surface area contributed by atoms with E-state index in [9.17, 15) is 15.0 Å². The Hall–Kier alpha value is -1.67. The molecule has 0 aliphatic carbocycles. The summed E-state index contributed by atoms with van der Waals surface area (Å²) < 4.78 is 6.08. The quantitative estimate of drug-likeness (QED) is 0.684. The predicted octanol–water partition coefficient (Wildman–Crippen LogP) is 0.970. The molecule has 2 saturated heterocycles. The Morgan fingerprint density at radius 3 is 2.54 bits per heavy atom. The first-order valence-corrected chi connectivity index (χ1v) is 10.4. The smallest absolute Gasteiger partial charge is 0.310 e. The Kier molecular flexibility index (Phi) is 7.67. The summed E-state index contributed by atoms with van der Waals surface area (Å²) in [4.78, 5) is 18.3. The van der Waals surface area contributed by atoms with Gasteiger partial charge < -0.3 is 19.8 Å². The summed E-state index contributed by atoms with van der Waals surface area (Å²) in [5.74, 6) is -0.777. The van der Waals surface area contributed by atoms with Gasteiger partial charge in [-0.15, -0.1) is 0 Å². The summed E-state index contributed by atoms with van der Waals surface area (Å²) in [5, 5.41) is 19.2. The summed E-state index contributed by atoms with van der Waals surface area (Å²) in [6, 6.07) is 7.98. The van der Waals surface area contributed by atoms with Crippen molar-refractivity contribution in [2.24, 2.45) is 5.92 Å². The van der Waals surface area contributed by atoms with Crippen LogP contribution < -0.4 is 4.74 Å². The minimum atomic E-state index is -0.926. The second-order valence-corrected chi connectivity index (χ2v) is 7.77. The molecule has 2 fully saturated rings. The number of benzene rings is 1. The SMILES string of the molecule is CCN1CCN(CCOc2ccccc2CN2CC[C@@H](O)[C@H](C(=O)O)C2)CC1. The zero-order valence-electron chi connectivity index (χ0n) is 16.8. The van der Waals surface area contributed by atoms with Crippen molar-refractivity contribution in [3.63, 3.8) is 0 Å². The van der Waals surface area contributed by atoms with Gasteiger partial charge in [0.1, 0.15) is 12.4 Å². The van der Waals surface area contributed by atoms with Crippen LogP contribution in [0.15, 0.2) is 24.3 Å². The molecule has 156 valence electrons. The van der Waals surface area contributed by atoms with Gasteiger partial charge in [-0.05, 0) is 19.0 Å². The molecule has 0 aromatic heterocycles. The van der Waals surface area contributed by atoms with Crippen molar-refractivity contribution in [2.75, 3.05) is 59.0 Å². The normalized spacial score (nSPS) is 24.9. The molecule has 3 rings (SSSR count). The van der Waals surface area contributed by atoms with Gasteiger partial charge in [-0.1, -0.05) is 25.1 Å². The second-order valence-electron chi connectivity index (χ2n) is 7.77. The number of ether oxygens (including phenoxy) is 1. The van der Waals surface area contributed by atoms with Crippen LogP contribution in [-0.2, 0) is 11.3 Å². The molecular formula is C21H33N3O4. The topological polar surface area (TPSA) is 76.5 Å². The van der Waals surface area contributed by atoms with Crippen LogP contribution in [0.1, 0.15) is 18.9 Å². The fraction of sp³-hybridized carbons (Fsp3) is 0.667. The van der Waals surface area contributed by atoms with Crippen LogP contribution >= 0.6 is 0 Å². The van der Waals surface area contributed by atoms with Crippen molar-refractivity contribution in [3.8, 4) is 5.75 Å². The lowest BCUT2D eigenvalue weighted by Gasteiger charge is -2.34. The highest BCUT2D eigenvalue weighted by atomic mass is 16.5. The number of aliphatic hydroxyl groups is 1. The summed E-state index contributed by atoms with van der Waals surface area (Å²) in [7, 11) is 0. The Balaban J connectivity index is 1.50. The third kappa shape index (κ3) is 5.67. The number of para-hydroxylation sites is 1. The largest absolute Gasteiger partial charge is 0.492 e. The van der Waals surface area contributed by atoms with Crippen molar-refractivity contribution >= 4 is 5.97 Å². The average molecular weight is 392 g/mol. The number of likely N-dealkylation sites (N-methyl/N-ethyl adjacent to an activating group) is 1. The van der Waals surface area contributed by atoms with E-state index in [0.29, 0.717) is 32.7 Å². The van der Waals surface area contributed by atoms with E-state index in [1.54, 1.807) is 0 Å². The van der Waals surface area contributed by atoms with Crippen LogP contribution in [0.25, 0.3) is 0 Å². The van der Waals surface area contributed by atoms with Gasteiger partial charge in [0.05, 0.1) is 12.0 Å². The molecule has 7 nitrogen and oxygen atoms in total. The molecule has 2 heterocycles. The lowest BCUT2D eigenvalue weighted by atomic mass is 9.94. The molecule has 0 radical (unpaired) electrons. The number of hydrogen-bond acceptors (Lipinski definition) is 6. The molecular weight excluding hydrogens is 358 g/mol. The first-order chi connectivity index (χ1) is 13.6. The summed E-state index contributed by atoms with van der Waals surface area (Å²) >= 11 is 0. The lowest BCUT2D eigenvalue weighted by Crippen LogP contribution is -2.47. The average Bonchev–Trinajstić information content (AvgIpc) is 2.71. The fourth-order valence-electron chi connectivity index (χ4n) is 4.02. The van der Waals surface area contributed by atoms with E-state index in [0.717, 1.165) is 50.6 Å². The molecule has 28 heavy (non-hydrogen) atoms. The minimum Gasteiger partial charge on any atom is -0.492 e. The van der Waals surface area contributed by atoms with Crippen molar-refractivity contribution < 1.29 is 19.7 Å². The third-order valence-corrected chi connectivity index (χ3v) is 5.92. The number of aliphatic hydroxyl groups excluding tert-OH is 1. The van der Waals surface area contributed by atoms with E-state index in [4.69, 9.17) is 4.74 Å². The molecule has 2 atom stereocenters. The number of nitrogens with zero attached hydrogens (tertiary/aromatic N) is 3. The van der Waals surface area contributed by atoms with Crippen molar-refractivity contribution in [1.29, 1.82) is 0 Å². The molecule has 0 saturated carbocycles. The van der Waals surface area contributed by atoms with E-state index in [-0.39, 0.29) is 0 Å². The third-order valence-electron chi connectivity index (χ3n) is 5.92. The molecule has 2 N–H and O–H groups in total. The molecule has 0 amide bonds. The number of carboxylic acid groups (broad SMARTS) is 1. The van der Waals surface area contributed by atoms with E-state index >= 15 is 0 Å². The minimum absolute atomic E-state index is 0.368. The number of carbonyl (C=O) groups is 1. The summed E-state index contributed by atoms with van der Waals surface area (Å²) in [6.45, 7) is 11.0. The van der Waals surface area contributed by atoms with E-state index < -0.39 is 18.0 Å². The van der Waals surface area contributed by atoms with Gasteiger partial charge in [0, 0.05) is 57.9 Å². The number of piperazine rings is 1. The van der Waals surface area contributed by atoms with E-state index in [1.807, 2.05) is 24.3 Å². The number of likely N-dealkylation sites (tertiary alicyclic amines) is 1. The first-order valence-electron chi connectivity index (χ1n) is 10.4. The highest BCUT2D eigenvalue weighted by Gasteiger charge is 2.33. The van der Waals surface area contributed by atoms with Crippen LogP contribution in [0.4, 0.5) is 0 Å². The number of aliphatic carboxylic acids is 1. The molecule has 2 aliphatic rings. The molecule has 7 heteroatoms. The van der Waals surface area contributed by atoms with Gasteiger partial charge in [-0.2, -0.15) is 0 Å². The van der Waals surface area contributed by atoms with Crippen molar-refractivity contribution in [3.05, 3.63) is 29.8 Å². The van der Waals surface area contributed by atoms with Crippen molar-refractivity contribution in [2.45, 2.75) is 26.0 Å². The van der Waals surface area contributed by atoms with Crippen LogP contribution in [0.5, 0.6) is 5.75 Å². The Labute approximate surface area is 167 Å². The number of carboxylic acids is 1. The van der Waals surface area contributed by atoms with Gasteiger partial charge in [0.25, 0.3) is 0 Å². The van der Waals surface area contributed by atoms with Gasteiger partial charge in [0.2, 0.25) is 0 Å². The molecule has 0 unspecified atom stereocenters. The standard InChI is InChI=1S/C21H33N3O4/c1-2-22-9-11-23(12-10-22)13-14-28-20-6-4-3-5-17(20)15-24-8-7-19(25)18(16-24)21(26)27/h3-6,18-19,25H,2,7-16H2,1H3,(H,26,27)/t18-,19-/m1/s1. The van der Waals surface area contributed by atoms with Crippen LogP contribution in [-0.4, -0.2) is 96.0 Å². The fourth-order valence-corrected chi connectivity index (χ4v) is 4.02. The Bertz CT molecular complexity index is 634. The molecule has 2 aliphatic heterocycles. The second kappa shape index (κ2) is 10.2.